The molecule has 0 aliphatic carbocycles. The van der Waals surface area contributed by atoms with Crippen LogP contribution in [0.15, 0.2) is 24.4 Å². The predicted octanol–water partition coefficient (Wildman–Crippen LogP) is 1.78. The number of aromatic nitrogens is 2. The van der Waals surface area contributed by atoms with Crippen molar-refractivity contribution in [1.29, 1.82) is 0 Å². The van der Waals surface area contributed by atoms with Crippen molar-refractivity contribution < 1.29 is 0 Å². The summed E-state index contributed by atoms with van der Waals surface area (Å²) in [5, 5.41) is 4.35. The molecule has 2 rings (SSSR count). The fraction of sp³-hybridized carbons (Fsp3) is 0.417. The first kappa shape index (κ1) is 10.2. The lowest BCUT2D eigenvalue weighted by atomic mass is 10.0. The van der Waals surface area contributed by atoms with Gasteiger partial charge in [0.15, 0.2) is 0 Å². The van der Waals surface area contributed by atoms with Crippen LogP contribution in [0.4, 0.5) is 0 Å². The highest BCUT2D eigenvalue weighted by Gasteiger charge is 2.03. The van der Waals surface area contributed by atoms with Crippen LogP contribution in [-0.4, -0.2) is 16.2 Å². The standard InChI is InChI=1S/C12H17N3/c1-9(8-13)5-11-3-4-15-12(7-11)6-10(2)14-15/h3-4,6-7,9H,5,8,13H2,1-2H3. The molecule has 80 valence electrons. The van der Waals surface area contributed by atoms with Crippen LogP contribution in [-0.2, 0) is 6.42 Å². The van der Waals surface area contributed by atoms with Crippen LogP contribution < -0.4 is 5.73 Å². The smallest absolute Gasteiger partial charge is 0.0667 e. The third kappa shape index (κ3) is 2.18. The minimum absolute atomic E-state index is 0.538. The van der Waals surface area contributed by atoms with E-state index in [1.807, 2.05) is 17.6 Å². The van der Waals surface area contributed by atoms with Gasteiger partial charge >= 0.3 is 0 Å². The van der Waals surface area contributed by atoms with Gasteiger partial charge in [0.05, 0.1) is 11.2 Å². The van der Waals surface area contributed by atoms with Crippen molar-refractivity contribution in [2.45, 2.75) is 20.3 Å². The van der Waals surface area contributed by atoms with Gasteiger partial charge in [0, 0.05) is 6.20 Å². The van der Waals surface area contributed by atoms with E-state index in [-0.39, 0.29) is 0 Å². The second-order valence-corrected chi connectivity index (χ2v) is 4.24. The van der Waals surface area contributed by atoms with Gasteiger partial charge < -0.3 is 5.73 Å². The minimum Gasteiger partial charge on any atom is -0.330 e. The molecular weight excluding hydrogens is 186 g/mol. The second-order valence-electron chi connectivity index (χ2n) is 4.24. The summed E-state index contributed by atoms with van der Waals surface area (Å²) < 4.78 is 1.91. The topological polar surface area (TPSA) is 43.3 Å². The van der Waals surface area contributed by atoms with Crippen LogP contribution in [0.3, 0.4) is 0 Å². The Kier molecular flexibility index (Phi) is 2.73. The molecule has 0 radical (unpaired) electrons. The van der Waals surface area contributed by atoms with E-state index < -0.39 is 0 Å². The van der Waals surface area contributed by atoms with Crippen molar-refractivity contribution in [2.75, 3.05) is 6.54 Å². The van der Waals surface area contributed by atoms with E-state index in [0.29, 0.717) is 5.92 Å². The van der Waals surface area contributed by atoms with Crippen molar-refractivity contribution in [3.63, 3.8) is 0 Å². The molecule has 0 fully saturated rings. The van der Waals surface area contributed by atoms with E-state index >= 15 is 0 Å². The predicted molar refractivity (Wildman–Crippen MR) is 61.9 cm³/mol. The number of aryl methyl sites for hydroxylation is 1. The summed E-state index contributed by atoms with van der Waals surface area (Å²) in [6, 6.07) is 6.40. The van der Waals surface area contributed by atoms with Crippen molar-refractivity contribution in [3.8, 4) is 0 Å². The third-order valence-corrected chi connectivity index (χ3v) is 2.64. The molecule has 2 aromatic heterocycles. The monoisotopic (exact) mass is 203 g/mol. The number of hydrogen-bond acceptors (Lipinski definition) is 2. The van der Waals surface area contributed by atoms with Crippen LogP contribution in [0.25, 0.3) is 5.52 Å². The molecule has 3 nitrogen and oxygen atoms in total. The lowest BCUT2D eigenvalue weighted by Gasteiger charge is -2.08. The van der Waals surface area contributed by atoms with Gasteiger partial charge in [0.2, 0.25) is 0 Å². The summed E-state index contributed by atoms with van der Waals surface area (Å²) in [7, 11) is 0. The minimum atomic E-state index is 0.538. The Morgan fingerprint density at radius 3 is 3.00 bits per heavy atom. The van der Waals surface area contributed by atoms with E-state index in [1.165, 1.54) is 5.56 Å². The SMILES string of the molecule is Cc1cc2cc(CC(C)CN)ccn2n1. The molecule has 0 saturated heterocycles. The molecule has 0 aliphatic rings. The summed E-state index contributed by atoms with van der Waals surface area (Å²) in [6.45, 7) is 4.92. The molecule has 0 aromatic carbocycles. The molecule has 2 aromatic rings. The van der Waals surface area contributed by atoms with E-state index in [1.54, 1.807) is 0 Å². The number of fused-ring (bicyclic) bond motifs is 1. The fourth-order valence-electron chi connectivity index (χ4n) is 1.78. The van der Waals surface area contributed by atoms with Gasteiger partial charge in [-0.1, -0.05) is 6.92 Å². The zero-order valence-corrected chi connectivity index (χ0v) is 9.27. The van der Waals surface area contributed by atoms with Crippen LogP contribution in [0, 0.1) is 12.8 Å². The zero-order valence-electron chi connectivity index (χ0n) is 9.27. The molecule has 0 spiro atoms. The van der Waals surface area contributed by atoms with E-state index in [2.05, 4.69) is 30.2 Å². The molecule has 15 heavy (non-hydrogen) atoms. The van der Waals surface area contributed by atoms with Gasteiger partial charge in [0.25, 0.3) is 0 Å². The summed E-state index contributed by atoms with van der Waals surface area (Å²) >= 11 is 0. The van der Waals surface area contributed by atoms with Gasteiger partial charge in [-0.25, -0.2) is 4.52 Å². The van der Waals surface area contributed by atoms with E-state index in [4.69, 9.17) is 5.73 Å². The zero-order chi connectivity index (χ0) is 10.8. The lowest BCUT2D eigenvalue weighted by molar-refractivity contribution is 0.592. The quantitative estimate of drug-likeness (QED) is 0.826. The Balaban J connectivity index is 2.30. The van der Waals surface area contributed by atoms with Crippen LogP contribution in [0.1, 0.15) is 18.2 Å². The molecule has 0 amide bonds. The van der Waals surface area contributed by atoms with Gasteiger partial charge in [-0.15, -0.1) is 0 Å². The summed E-state index contributed by atoms with van der Waals surface area (Å²) in [6.07, 6.45) is 3.05. The summed E-state index contributed by atoms with van der Waals surface area (Å²) in [5.41, 5.74) is 9.17. The molecule has 1 atom stereocenters. The van der Waals surface area contributed by atoms with Crippen molar-refractivity contribution in [2.24, 2.45) is 11.7 Å². The van der Waals surface area contributed by atoms with Crippen molar-refractivity contribution >= 4 is 5.52 Å². The van der Waals surface area contributed by atoms with Crippen molar-refractivity contribution in [3.05, 3.63) is 35.7 Å². The molecule has 1 unspecified atom stereocenters. The Hall–Kier alpha value is -1.35. The normalized spacial score (nSPS) is 13.3. The maximum atomic E-state index is 5.62. The number of rotatable bonds is 3. The third-order valence-electron chi connectivity index (χ3n) is 2.64. The number of hydrogen-bond donors (Lipinski definition) is 1. The molecule has 0 bridgehead atoms. The fourth-order valence-corrected chi connectivity index (χ4v) is 1.78. The van der Waals surface area contributed by atoms with Crippen LogP contribution >= 0.6 is 0 Å². The Morgan fingerprint density at radius 2 is 2.27 bits per heavy atom. The van der Waals surface area contributed by atoms with Gasteiger partial charge in [-0.2, -0.15) is 5.10 Å². The highest BCUT2D eigenvalue weighted by molar-refractivity contribution is 5.49. The Morgan fingerprint density at radius 1 is 1.47 bits per heavy atom. The van der Waals surface area contributed by atoms with E-state index in [0.717, 1.165) is 24.2 Å². The number of nitrogens with two attached hydrogens (primary N) is 1. The Labute approximate surface area is 89.9 Å². The largest absolute Gasteiger partial charge is 0.330 e. The highest BCUT2D eigenvalue weighted by atomic mass is 15.2. The molecule has 0 saturated carbocycles. The molecule has 0 aliphatic heterocycles. The Bertz CT molecular complexity index is 459. The summed E-state index contributed by atoms with van der Waals surface area (Å²) in [4.78, 5) is 0. The number of pyridine rings is 1. The van der Waals surface area contributed by atoms with Crippen LogP contribution in [0.5, 0.6) is 0 Å². The first-order valence-electron chi connectivity index (χ1n) is 5.34. The highest BCUT2D eigenvalue weighted by Crippen LogP contribution is 2.12. The van der Waals surface area contributed by atoms with Crippen molar-refractivity contribution in [1.82, 2.24) is 9.61 Å². The first-order valence-corrected chi connectivity index (χ1v) is 5.34. The molecular formula is C12H17N3. The molecule has 2 N–H and O–H groups in total. The van der Waals surface area contributed by atoms with Gasteiger partial charge in [-0.05, 0) is 49.6 Å². The average Bonchev–Trinajstić information content (AvgIpc) is 2.57. The van der Waals surface area contributed by atoms with Crippen LogP contribution in [0.2, 0.25) is 0 Å². The first-order chi connectivity index (χ1) is 7.19. The molecule has 2 heterocycles. The maximum Gasteiger partial charge on any atom is 0.0667 e. The number of nitrogens with zero attached hydrogens (tertiary/aromatic N) is 2. The lowest BCUT2D eigenvalue weighted by Crippen LogP contribution is -2.13. The summed E-state index contributed by atoms with van der Waals surface area (Å²) in [5.74, 6) is 0.538. The van der Waals surface area contributed by atoms with E-state index in [9.17, 15) is 0 Å². The average molecular weight is 203 g/mol. The van der Waals surface area contributed by atoms with Gasteiger partial charge in [-0.3, -0.25) is 0 Å². The second kappa shape index (κ2) is 4.03. The maximum absolute atomic E-state index is 5.62. The molecule has 3 heteroatoms. The van der Waals surface area contributed by atoms with Gasteiger partial charge in [0.1, 0.15) is 0 Å².